The Balaban J connectivity index is -0.000000165. The topological polar surface area (TPSA) is 357 Å². The van der Waals surface area contributed by atoms with Crippen LogP contribution in [0, 0.1) is 140 Å². The molecule has 5 unspecified atom stereocenters. The molecule has 3 aliphatic carbocycles. The predicted octanol–water partition coefficient (Wildman–Crippen LogP) is 25.8. The fourth-order valence-corrected chi connectivity index (χ4v) is 15.9. The number of hydrogen-bond acceptors (Lipinski definition) is 15. The van der Waals surface area contributed by atoms with Crippen LogP contribution >= 0.6 is 0 Å². The van der Waals surface area contributed by atoms with E-state index in [0.29, 0.717) is 148 Å². The summed E-state index contributed by atoms with van der Waals surface area (Å²) in [5.74, 6) is 6.35. The standard InChI is InChI=1S/2C10H23N.2C9H19N.C9H21N.C8H17NO.C8H19NO.C8H17N.3C8H19N.2C7H17N/c1-8(2)6-9(7-11)10(3,4)5;1-8(2)6-9(11)7-10(3,4)5;1-9(2,3)6-8(10)7-4-5-7;1-8(2,3)9(7-10)5-4-6-9;1-7(2)8(6-10)9(3,4)5;1-7(2,3)8(4-9)5-10-6-8;1-8(2,3)5-7(9)6-10-4;1-7(2,3)8(6-9)4-5-8;2*1-5-7(6-9)8(2,3)4;1-5-7(9)6-8(2,3)4;1-6(5-8)7(2,3)4;1-6(8)5-7(2,3)4/h2*8-9H,6-7,11H2,1-5H3;7-8H,4-6,10H2,1-3H3;4-7,10H2,1-3H3;7-8H,6,10H2,1-5H3;4-6,9H2,1-3H3;7H,5-6,9H2,1-4H3;4-6,9H2,1-3H3;3*7H,5-6,9H2,1-4H3;2*6H,5,8H2,1-4H3/t;9-;8-;;;;7-;;;;7-;;6-/m.01...1...0.0/s1. The highest BCUT2D eigenvalue weighted by atomic mass is 16.5. The highest BCUT2D eigenvalue weighted by molar-refractivity contribution is 5.02. The van der Waals surface area contributed by atoms with Gasteiger partial charge in [-0.25, -0.2) is 0 Å². The van der Waals surface area contributed by atoms with Gasteiger partial charge in [0.1, 0.15) is 0 Å². The first-order chi connectivity index (χ1) is 55.0. The van der Waals surface area contributed by atoms with Gasteiger partial charge < -0.3 is 84.0 Å². The minimum absolute atomic E-state index is 0.185. The van der Waals surface area contributed by atoms with E-state index in [0.717, 1.165) is 122 Å². The zero-order chi connectivity index (χ0) is 101. The third-order valence-electron chi connectivity index (χ3n) is 26.5. The molecular formula is C109H249N13O2. The summed E-state index contributed by atoms with van der Waals surface area (Å²) in [6.07, 6.45) is 20.9. The van der Waals surface area contributed by atoms with Crippen molar-refractivity contribution >= 4 is 0 Å². The molecule has 0 aromatic heterocycles. The van der Waals surface area contributed by atoms with Gasteiger partial charge >= 0.3 is 0 Å². The Labute approximate surface area is 784 Å². The van der Waals surface area contributed by atoms with Gasteiger partial charge in [0, 0.05) is 49.3 Å². The van der Waals surface area contributed by atoms with Crippen molar-refractivity contribution in [3.05, 3.63) is 0 Å². The molecule has 1 aliphatic heterocycles. The van der Waals surface area contributed by atoms with Crippen LogP contribution in [0.5, 0.6) is 0 Å². The molecule has 1 heterocycles. The third-order valence-corrected chi connectivity index (χ3v) is 26.5. The Morgan fingerprint density at radius 2 is 0.637 bits per heavy atom. The zero-order valence-electron chi connectivity index (χ0n) is 95.2. The van der Waals surface area contributed by atoms with Gasteiger partial charge in [0.05, 0.1) is 19.8 Å². The summed E-state index contributed by atoms with van der Waals surface area (Å²) in [5, 5.41) is 0. The normalized spacial score (nSPS) is 18.2. The second-order valence-electron chi connectivity index (χ2n) is 54.9. The first-order valence-electron chi connectivity index (χ1n) is 50.4. The Bertz CT molecular complexity index is 2330. The Morgan fingerprint density at radius 1 is 0.331 bits per heavy atom. The quantitative estimate of drug-likeness (QED) is 0.0427. The average Bonchev–Trinajstić information content (AvgIpc) is 1.49. The highest BCUT2D eigenvalue weighted by Crippen LogP contribution is 2.57. The second kappa shape index (κ2) is 64.4. The van der Waals surface area contributed by atoms with E-state index in [1.807, 2.05) is 6.92 Å². The van der Waals surface area contributed by atoms with E-state index in [4.69, 9.17) is 84.0 Å². The van der Waals surface area contributed by atoms with E-state index in [1.54, 1.807) is 7.11 Å². The number of hydrogen-bond donors (Lipinski definition) is 13. The predicted molar refractivity (Wildman–Crippen MR) is 568 cm³/mol. The Morgan fingerprint density at radius 3 is 0.726 bits per heavy atom. The van der Waals surface area contributed by atoms with Crippen LogP contribution in [0.25, 0.3) is 0 Å². The summed E-state index contributed by atoms with van der Waals surface area (Å²) in [7, 11) is 1.68. The van der Waals surface area contributed by atoms with E-state index in [-0.39, 0.29) is 11.5 Å². The van der Waals surface area contributed by atoms with E-state index in [2.05, 4.69) is 339 Å². The van der Waals surface area contributed by atoms with Crippen LogP contribution < -0.4 is 74.5 Å². The maximum atomic E-state index is 5.97. The van der Waals surface area contributed by atoms with Crippen molar-refractivity contribution in [1.29, 1.82) is 0 Å². The molecule has 0 bridgehead atoms. The van der Waals surface area contributed by atoms with Gasteiger partial charge in [0.15, 0.2) is 0 Å². The maximum absolute atomic E-state index is 5.97. The molecule has 10 atom stereocenters. The number of rotatable bonds is 24. The number of nitrogens with two attached hydrogens (primary N) is 13. The van der Waals surface area contributed by atoms with Gasteiger partial charge in [0.2, 0.25) is 0 Å². The molecule has 0 radical (unpaired) electrons. The molecule has 0 aromatic carbocycles. The fraction of sp³-hybridized carbons (Fsp3) is 1.00. The lowest BCUT2D eigenvalue weighted by Crippen LogP contribution is -2.56. The van der Waals surface area contributed by atoms with Crippen molar-refractivity contribution in [2.75, 3.05) is 79.3 Å². The van der Waals surface area contributed by atoms with E-state index in [1.165, 1.54) is 70.6 Å². The van der Waals surface area contributed by atoms with Gasteiger partial charge in [-0.3, -0.25) is 0 Å². The Hall–Kier alpha value is -0.600. The van der Waals surface area contributed by atoms with Crippen LogP contribution in [0.3, 0.4) is 0 Å². The van der Waals surface area contributed by atoms with Gasteiger partial charge in [0.25, 0.3) is 0 Å². The van der Waals surface area contributed by atoms with Crippen molar-refractivity contribution in [2.45, 2.75) is 486 Å². The van der Waals surface area contributed by atoms with Crippen LogP contribution in [0.1, 0.15) is 455 Å². The van der Waals surface area contributed by atoms with Crippen molar-refractivity contribution in [3.63, 3.8) is 0 Å². The molecule has 0 aromatic rings. The molecule has 4 aliphatic rings. The second-order valence-corrected chi connectivity index (χ2v) is 54.9. The molecule has 15 nitrogen and oxygen atoms in total. The minimum atomic E-state index is 0.185. The summed E-state index contributed by atoms with van der Waals surface area (Å²) < 4.78 is 10.1. The first-order valence-corrected chi connectivity index (χ1v) is 50.4. The molecular weight excluding hydrogens is 1520 g/mol. The molecule has 26 N–H and O–H groups in total. The molecule has 0 amide bonds. The summed E-state index contributed by atoms with van der Waals surface area (Å²) in [6, 6.07) is 1.78. The van der Waals surface area contributed by atoms with Crippen molar-refractivity contribution in [1.82, 2.24) is 0 Å². The van der Waals surface area contributed by atoms with E-state index < -0.39 is 0 Å². The van der Waals surface area contributed by atoms with Gasteiger partial charge in [-0.15, -0.1) is 0 Å². The van der Waals surface area contributed by atoms with Gasteiger partial charge in [-0.2, -0.15) is 0 Å². The zero-order valence-corrected chi connectivity index (χ0v) is 95.2. The summed E-state index contributed by atoms with van der Waals surface area (Å²) >= 11 is 0. The Kier molecular flexibility index (Phi) is 73.3. The summed E-state index contributed by atoms with van der Waals surface area (Å²) in [6.45, 7) is 121. The average molecular weight is 1770 g/mol. The van der Waals surface area contributed by atoms with Crippen LogP contribution in [0.15, 0.2) is 0 Å². The van der Waals surface area contributed by atoms with Crippen molar-refractivity contribution in [2.24, 2.45) is 214 Å². The smallest absolute Gasteiger partial charge is 0.0613 e. The minimum Gasteiger partial charge on any atom is -0.383 e. The molecule has 4 fully saturated rings. The molecule has 3 saturated carbocycles. The summed E-state index contributed by atoms with van der Waals surface area (Å²) in [4.78, 5) is 0. The van der Waals surface area contributed by atoms with Crippen molar-refractivity contribution < 1.29 is 9.47 Å². The molecule has 762 valence electrons. The lowest BCUT2D eigenvalue weighted by atomic mass is 9.55. The summed E-state index contributed by atoms with van der Waals surface area (Å²) in [5.41, 5.74) is 80.3. The van der Waals surface area contributed by atoms with Gasteiger partial charge in [-0.05, 0) is 277 Å². The van der Waals surface area contributed by atoms with Gasteiger partial charge in [-0.1, -0.05) is 359 Å². The monoisotopic (exact) mass is 1770 g/mol. The van der Waals surface area contributed by atoms with Crippen LogP contribution in [-0.4, -0.2) is 109 Å². The molecule has 1 saturated heterocycles. The highest BCUT2D eigenvalue weighted by Gasteiger charge is 2.51. The number of ether oxygens (including phenoxy) is 2. The molecule has 124 heavy (non-hydrogen) atoms. The third kappa shape index (κ3) is 78.8. The van der Waals surface area contributed by atoms with Crippen molar-refractivity contribution in [3.8, 4) is 0 Å². The fourth-order valence-electron chi connectivity index (χ4n) is 15.9. The molecule has 4 rings (SSSR count). The SMILES string of the molecule is CC(C)(C)C1(CN)CC1.CC(C)(C)C1(CN)CCC1.CC(C)(C)C1(CN)COC1.CC(C)(C)C[C@@H](N)C1CC1.CC(C)C(CN)C(C)(C)C.CC(C)CC(CN)C(C)(C)C.CC(C)C[C@H](N)CC(C)(C)C.CC(CN)C(C)(C)C.CCC(CN)C(C)(C)C.CCC(CN)C(C)(C)C.CC[C@H](N)CC(C)(C)C.COC[C@H](N)CC(C)(C)C.C[C@H](N)CC(C)(C)C. The first kappa shape index (κ1) is 141. The largest absolute Gasteiger partial charge is 0.383 e. The lowest BCUT2D eigenvalue weighted by molar-refractivity contribution is -0.163. The molecule has 15 heteroatoms. The van der Waals surface area contributed by atoms with Crippen LogP contribution in [0.4, 0.5) is 0 Å². The number of methoxy groups -OCH3 is 1. The van der Waals surface area contributed by atoms with Crippen LogP contribution in [0.2, 0.25) is 0 Å². The molecule has 0 spiro atoms. The van der Waals surface area contributed by atoms with E-state index in [9.17, 15) is 0 Å². The maximum Gasteiger partial charge on any atom is 0.0613 e. The lowest BCUT2D eigenvalue weighted by Gasteiger charge is -2.51. The van der Waals surface area contributed by atoms with E-state index >= 15 is 0 Å². The van der Waals surface area contributed by atoms with Crippen LogP contribution in [-0.2, 0) is 9.47 Å².